The fourth-order valence-corrected chi connectivity index (χ4v) is 0.314. The van der Waals surface area contributed by atoms with Gasteiger partial charge < -0.3 is 5.32 Å². The summed E-state index contributed by atoms with van der Waals surface area (Å²) in [4.78, 5) is 2.27. The Morgan fingerprint density at radius 1 is 1.60 bits per heavy atom. The molecule has 0 radical (unpaired) electrons. The van der Waals surface area contributed by atoms with Crippen LogP contribution in [-0.2, 0) is 0 Å². The molecule has 0 amide bonds. The molecular weight excluding hydrogens is 145 g/mol. The largest absolute Gasteiger partial charge is 0.421 e. The fourth-order valence-electron chi connectivity index (χ4n) is 0.314. The molecule has 0 fully saturated rings. The summed E-state index contributed by atoms with van der Waals surface area (Å²) in [5.74, 6) is 0. The SMILES string of the molecule is [C-]#[N+]/C(=C/NC)C(F)(F)F. The maximum atomic E-state index is 11.6. The molecule has 0 aromatic heterocycles. The molecule has 0 aliphatic heterocycles. The third-order valence-corrected chi connectivity index (χ3v) is 0.692. The van der Waals surface area contributed by atoms with Gasteiger partial charge in [-0.1, -0.05) is 0 Å². The van der Waals surface area contributed by atoms with Crippen LogP contribution in [0.15, 0.2) is 11.9 Å². The molecule has 5 heteroatoms. The molecule has 0 saturated heterocycles. The highest BCUT2D eigenvalue weighted by Gasteiger charge is 2.34. The molecule has 0 saturated carbocycles. The van der Waals surface area contributed by atoms with Gasteiger partial charge in [0, 0.05) is 13.2 Å². The van der Waals surface area contributed by atoms with Crippen molar-refractivity contribution in [1.29, 1.82) is 0 Å². The van der Waals surface area contributed by atoms with Crippen LogP contribution in [0.2, 0.25) is 0 Å². The Morgan fingerprint density at radius 2 is 2.10 bits per heavy atom. The fraction of sp³-hybridized carbons (Fsp3) is 0.400. The van der Waals surface area contributed by atoms with E-state index in [0.29, 0.717) is 6.20 Å². The number of hydrogen-bond donors (Lipinski definition) is 1. The minimum atomic E-state index is -4.54. The molecule has 1 N–H and O–H groups in total. The zero-order chi connectivity index (χ0) is 8.20. The van der Waals surface area contributed by atoms with Crippen molar-refractivity contribution in [1.82, 2.24) is 5.32 Å². The highest BCUT2D eigenvalue weighted by atomic mass is 19.4. The Kier molecular flexibility index (Phi) is 2.74. The van der Waals surface area contributed by atoms with Gasteiger partial charge in [-0.05, 0) is 0 Å². The normalized spacial score (nSPS) is 12.5. The van der Waals surface area contributed by atoms with Gasteiger partial charge in [-0.15, -0.1) is 0 Å². The smallest absolute Gasteiger partial charge is 0.403 e. The van der Waals surface area contributed by atoms with Crippen molar-refractivity contribution in [3.63, 3.8) is 0 Å². The van der Waals surface area contributed by atoms with Crippen molar-refractivity contribution in [2.24, 2.45) is 0 Å². The Labute approximate surface area is 56.2 Å². The first-order chi connectivity index (χ1) is 4.52. The van der Waals surface area contributed by atoms with Crippen molar-refractivity contribution >= 4 is 0 Å². The van der Waals surface area contributed by atoms with Crippen molar-refractivity contribution < 1.29 is 13.2 Å². The van der Waals surface area contributed by atoms with Crippen LogP contribution in [0.3, 0.4) is 0 Å². The lowest BCUT2D eigenvalue weighted by molar-refractivity contribution is -0.0888. The van der Waals surface area contributed by atoms with E-state index in [9.17, 15) is 13.2 Å². The summed E-state index contributed by atoms with van der Waals surface area (Å²) >= 11 is 0. The molecule has 0 aromatic rings. The second-order valence-electron chi connectivity index (χ2n) is 1.43. The number of nitrogens with zero attached hydrogens (tertiary/aromatic N) is 1. The van der Waals surface area contributed by atoms with Crippen molar-refractivity contribution in [2.75, 3.05) is 7.05 Å². The Balaban J connectivity index is 4.41. The highest BCUT2D eigenvalue weighted by Crippen LogP contribution is 2.25. The number of rotatable bonds is 1. The predicted molar refractivity (Wildman–Crippen MR) is 29.8 cm³/mol. The quantitative estimate of drug-likeness (QED) is 0.560. The van der Waals surface area contributed by atoms with E-state index >= 15 is 0 Å². The predicted octanol–water partition coefficient (Wildman–Crippen LogP) is 1.53. The van der Waals surface area contributed by atoms with E-state index in [-0.39, 0.29) is 0 Å². The van der Waals surface area contributed by atoms with Crippen LogP contribution in [-0.4, -0.2) is 13.2 Å². The summed E-state index contributed by atoms with van der Waals surface area (Å²) in [5.41, 5.74) is -1.24. The molecule has 0 aromatic carbocycles. The lowest BCUT2D eigenvalue weighted by Gasteiger charge is -2.02. The molecule has 0 spiro atoms. The van der Waals surface area contributed by atoms with E-state index in [1.54, 1.807) is 0 Å². The number of nitrogens with one attached hydrogen (secondary N) is 1. The zero-order valence-electron chi connectivity index (χ0n) is 5.16. The first-order valence-corrected chi connectivity index (χ1v) is 2.34. The van der Waals surface area contributed by atoms with Gasteiger partial charge in [-0.25, -0.2) is 4.85 Å². The molecular formula is C5H5F3N2. The topological polar surface area (TPSA) is 16.4 Å². The Bertz CT molecular complexity index is 174. The van der Waals surface area contributed by atoms with E-state index in [1.165, 1.54) is 7.05 Å². The van der Waals surface area contributed by atoms with Crippen molar-refractivity contribution in [3.8, 4) is 0 Å². The molecule has 0 aliphatic rings. The van der Waals surface area contributed by atoms with Gasteiger partial charge >= 0.3 is 6.18 Å². The van der Waals surface area contributed by atoms with Gasteiger partial charge in [0.1, 0.15) is 0 Å². The number of alkyl halides is 3. The van der Waals surface area contributed by atoms with Crippen LogP contribution < -0.4 is 5.32 Å². The molecule has 0 heterocycles. The van der Waals surface area contributed by atoms with E-state index < -0.39 is 11.9 Å². The van der Waals surface area contributed by atoms with Gasteiger partial charge in [0.2, 0.25) is 0 Å². The van der Waals surface area contributed by atoms with Crippen molar-refractivity contribution in [2.45, 2.75) is 6.18 Å². The first kappa shape index (κ1) is 8.82. The van der Waals surface area contributed by atoms with Crippen LogP contribution in [0.25, 0.3) is 4.85 Å². The second kappa shape index (κ2) is 3.11. The van der Waals surface area contributed by atoms with Crippen LogP contribution in [0.5, 0.6) is 0 Å². The number of hydrogen-bond acceptors (Lipinski definition) is 1. The first-order valence-electron chi connectivity index (χ1n) is 2.34. The summed E-state index contributed by atoms with van der Waals surface area (Å²) in [6.07, 6.45) is -3.92. The Hall–Kier alpha value is -1.18. The second-order valence-corrected chi connectivity index (χ2v) is 1.43. The molecule has 10 heavy (non-hydrogen) atoms. The van der Waals surface area contributed by atoms with Crippen LogP contribution in [0.1, 0.15) is 0 Å². The molecule has 56 valence electrons. The van der Waals surface area contributed by atoms with E-state index in [4.69, 9.17) is 6.57 Å². The third kappa shape index (κ3) is 2.40. The molecule has 0 atom stereocenters. The molecule has 0 bridgehead atoms. The standard InChI is InChI=1S/C5H5F3N2/c1-9-3-4(10-2)5(6,7)8/h3,9H,1H3/b4-3+. The maximum absolute atomic E-state index is 11.6. The summed E-state index contributed by atoms with van der Waals surface area (Å²) in [5, 5.41) is 2.13. The van der Waals surface area contributed by atoms with Gasteiger partial charge in [-0.2, -0.15) is 13.2 Å². The number of halogens is 3. The van der Waals surface area contributed by atoms with Crippen LogP contribution in [0.4, 0.5) is 13.2 Å². The van der Waals surface area contributed by atoms with Gasteiger partial charge in [-0.3, -0.25) is 0 Å². The minimum absolute atomic E-state index is 0.618. The highest BCUT2D eigenvalue weighted by molar-refractivity contribution is 5.14. The lowest BCUT2D eigenvalue weighted by Crippen LogP contribution is -2.11. The minimum Gasteiger partial charge on any atom is -0.403 e. The average molecular weight is 150 g/mol. The molecule has 2 nitrogen and oxygen atoms in total. The number of allylic oxidation sites excluding steroid dienone is 1. The van der Waals surface area contributed by atoms with Gasteiger partial charge in [0.25, 0.3) is 5.70 Å². The lowest BCUT2D eigenvalue weighted by atomic mass is 10.5. The van der Waals surface area contributed by atoms with E-state index in [0.717, 1.165) is 0 Å². The van der Waals surface area contributed by atoms with Crippen LogP contribution >= 0.6 is 0 Å². The summed E-state index contributed by atoms with van der Waals surface area (Å²) in [7, 11) is 1.30. The van der Waals surface area contributed by atoms with Gasteiger partial charge in [0.15, 0.2) is 0 Å². The summed E-state index contributed by atoms with van der Waals surface area (Å²) in [6, 6.07) is 0. The molecule has 0 rings (SSSR count). The van der Waals surface area contributed by atoms with E-state index in [1.807, 2.05) is 0 Å². The van der Waals surface area contributed by atoms with Gasteiger partial charge in [0.05, 0.1) is 6.57 Å². The monoisotopic (exact) mass is 150 g/mol. The molecule has 0 unspecified atom stereocenters. The third-order valence-electron chi connectivity index (χ3n) is 0.692. The Morgan fingerprint density at radius 3 is 2.20 bits per heavy atom. The van der Waals surface area contributed by atoms with Crippen LogP contribution in [0, 0.1) is 6.57 Å². The maximum Gasteiger partial charge on any atom is 0.421 e. The van der Waals surface area contributed by atoms with E-state index in [2.05, 4.69) is 10.2 Å². The summed E-state index contributed by atoms with van der Waals surface area (Å²) in [6.45, 7) is 6.12. The molecule has 0 aliphatic carbocycles. The summed E-state index contributed by atoms with van der Waals surface area (Å²) < 4.78 is 34.8. The average Bonchev–Trinajstić information content (AvgIpc) is 1.80. The zero-order valence-corrected chi connectivity index (χ0v) is 5.16. The van der Waals surface area contributed by atoms with Crippen molar-refractivity contribution in [3.05, 3.63) is 23.3 Å².